The van der Waals surface area contributed by atoms with Crippen LogP contribution in [0, 0.1) is 11.3 Å². The van der Waals surface area contributed by atoms with Crippen LogP contribution in [0.2, 0.25) is 0 Å². The van der Waals surface area contributed by atoms with Crippen LogP contribution in [0.5, 0.6) is 0 Å². The average molecular weight is 554 g/mol. The topological polar surface area (TPSA) is 115 Å². The summed E-state index contributed by atoms with van der Waals surface area (Å²) in [5, 5.41) is 24.1. The Kier molecular flexibility index (Phi) is 7.97. The summed E-state index contributed by atoms with van der Waals surface area (Å²) >= 11 is 0. The van der Waals surface area contributed by atoms with Crippen molar-refractivity contribution in [2.75, 3.05) is 13.2 Å². The van der Waals surface area contributed by atoms with Gasteiger partial charge in [-0.05, 0) is 54.9 Å². The van der Waals surface area contributed by atoms with Gasteiger partial charge in [0.25, 0.3) is 5.56 Å². The summed E-state index contributed by atoms with van der Waals surface area (Å²) in [5.74, 6) is 0.592. The molecule has 6 rings (SSSR count). The standard InChI is InChI=1S/C32H35N5O4/c1-2-5-28-27(16-21-8-10-22(11-9-21)26-7-4-3-6-23(26)17-33)31(39)36(32-34-20-35-37(28)32)24-12-14-25(15-13-24)41-30-19-40-18-29(30)38/h3-4,6-11,20,24-25,29-30,38H,2,5,12-16,18-19H2,1H3/t24?,25?,29-,30-/m1/s1. The summed E-state index contributed by atoms with van der Waals surface area (Å²) < 4.78 is 15.2. The molecule has 41 heavy (non-hydrogen) atoms. The van der Waals surface area contributed by atoms with E-state index in [0.29, 0.717) is 31.0 Å². The number of rotatable bonds is 8. The molecule has 2 aromatic heterocycles. The highest BCUT2D eigenvalue weighted by Crippen LogP contribution is 2.32. The van der Waals surface area contributed by atoms with E-state index in [-0.39, 0.29) is 23.8 Å². The molecule has 1 aliphatic heterocycles. The maximum atomic E-state index is 14.2. The first kappa shape index (κ1) is 27.3. The smallest absolute Gasteiger partial charge is 0.259 e. The molecule has 4 aromatic rings. The van der Waals surface area contributed by atoms with E-state index in [1.165, 1.54) is 6.33 Å². The molecule has 2 aliphatic rings. The number of aryl methyl sites for hydroxylation is 1. The first-order valence-electron chi connectivity index (χ1n) is 14.5. The Labute approximate surface area is 239 Å². The van der Waals surface area contributed by atoms with Crippen LogP contribution in [-0.2, 0) is 22.3 Å². The van der Waals surface area contributed by atoms with Gasteiger partial charge in [-0.15, -0.1) is 0 Å². The second kappa shape index (κ2) is 12.0. The van der Waals surface area contributed by atoms with Crippen LogP contribution < -0.4 is 5.56 Å². The second-order valence-corrected chi connectivity index (χ2v) is 11.1. The molecule has 0 amide bonds. The maximum absolute atomic E-state index is 14.2. The fourth-order valence-corrected chi connectivity index (χ4v) is 6.26. The molecule has 2 fully saturated rings. The molecule has 9 nitrogen and oxygen atoms in total. The van der Waals surface area contributed by atoms with Gasteiger partial charge in [-0.25, -0.2) is 4.52 Å². The van der Waals surface area contributed by atoms with Crippen molar-refractivity contribution in [2.24, 2.45) is 0 Å². The van der Waals surface area contributed by atoms with Gasteiger partial charge in [-0.2, -0.15) is 15.3 Å². The first-order chi connectivity index (χ1) is 20.1. The largest absolute Gasteiger partial charge is 0.388 e. The summed E-state index contributed by atoms with van der Waals surface area (Å²) in [5.41, 5.74) is 5.19. The van der Waals surface area contributed by atoms with E-state index in [9.17, 15) is 15.2 Å². The predicted octanol–water partition coefficient (Wildman–Crippen LogP) is 4.23. The van der Waals surface area contributed by atoms with E-state index in [1.54, 1.807) is 0 Å². The van der Waals surface area contributed by atoms with Crippen LogP contribution >= 0.6 is 0 Å². The molecule has 2 atom stereocenters. The minimum Gasteiger partial charge on any atom is -0.388 e. The van der Waals surface area contributed by atoms with E-state index in [1.807, 2.05) is 57.6 Å². The Morgan fingerprint density at radius 1 is 1.10 bits per heavy atom. The van der Waals surface area contributed by atoms with Gasteiger partial charge in [0.15, 0.2) is 0 Å². The molecule has 0 unspecified atom stereocenters. The molecule has 1 saturated carbocycles. The van der Waals surface area contributed by atoms with Gasteiger partial charge in [0.05, 0.1) is 36.6 Å². The van der Waals surface area contributed by atoms with Gasteiger partial charge in [-0.1, -0.05) is 55.8 Å². The molecule has 1 N–H and O–H groups in total. The zero-order chi connectivity index (χ0) is 28.3. The quantitative estimate of drug-likeness (QED) is 0.347. The van der Waals surface area contributed by atoms with Crippen LogP contribution in [0.1, 0.15) is 67.5 Å². The van der Waals surface area contributed by atoms with Crippen LogP contribution in [0.3, 0.4) is 0 Å². The molecule has 212 valence electrons. The zero-order valence-corrected chi connectivity index (χ0v) is 23.3. The molecule has 0 radical (unpaired) electrons. The third kappa shape index (κ3) is 5.43. The van der Waals surface area contributed by atoms with Gasteiger partial charge in [0.1, 0.15) is 18.5 Å². The van der Waals surface area contributed by atoms with E-state index in [0.717, 1.165) is 66.5 Å². The van der Waals surface area contributed by atoms with Crippen LogP contribution in [0.15, 0.2) is 59.7 Å². The van der Waals surface area contributed by atoms with Gasteiger partial charge >= 0.3 is 0 Å². The normalized spacial score (nSPS) is 22.7. The number of ether oxygens (including phenoxy) is 2. The minimum atomic E-state index is -0.574. The molecule has 2 aromatic carbocycles. The van der Waals surface area contributed by atoms with Gasteiger partial charge in [0, 0.05) is 18.0 Å². The summed E-state index contributed by atoms with van der Waals surface area (Å²) in [6.45, 7) is 2.85. The molecule has 9 heteroatoms. The van der Waals surface area contributed by atoms with Crippen molar-refractivity contribution in [3.05, 3.63) is 87.6 Å². The lowest BCUT2D eigenvalue weighted by molar-refractivity contribution is -0.0712. The predicted molar refractivity (Wildman–Crippen MR) is 154 cm³/mol. The van der Waals surface area contributed by atoms with Gasteiger partial charge in [-0.3, -0.25) is 9.36 Å². The van der Waals surface area contributed by atoms with Crippen molar-refractivity contribution in [1.82, 2.24) is 19.2 Å². The summed E-state index contributed by atoms with van der Waals surface area (Å²) in [4.78, 5) is 18.7. The monoisotopic (exact) mass is 553 g/mol. The van der Waals surface area contributed by atoms with Crippen LogP contribution in [0.25, 0.3) is 16.9 Å². The zero-order valence-electron chi connectivity index (χ0n) is 23.3. The summed E-state index contributed by atoms with van der Waals surface area (Å²) in [6, 6.07) is 18.0. The third-order valence-electron chi connectivity index (χ3n) is 8.38. The van der Waals surface area contributed by atoms with Crippen molar-refractivity contribution in [3.63, 3.8) is 0 Å². The van der Waals surface area contributed by atoms with Crippen LogP contribution in [0.4, 0.5) is 0 Å². The van der Waals surface area contributed by atoms with Crippen molar-refractivity contribution in [1.29, 1.82) is 5.26 Å². The van der Waals surface area contributed by atoms with Gasteiger partial charge in [0.2, 0.25) is 5.78 Å². The van der Waals surface area contributed by atoms with Crippen molar-refractivity contribution < 1.29 is 14.6 Å². The molecule has 0 spiro atoms. The SMILES string of the molecule is CCCc1c(Cc2ccc(-c3ccccc3C#N)cc2)c(=O)n(C2CCC(O[C@@H]3COC[C@H]3O)CC2)c2ncnn12. The van der Waals surface area contributed by atoms with Crippen molar-refractivity contribution >= 4 is 5.78 Å². The maximum Gasteiger partial charge on any atom is 0.259 e. The van der Waals surface area contributed by atoms with Crippen molar-refractivity contribution in [3.8, 4) is 17.2 Å². The fraction of sp³-hybridized carbons (Fsp3) is 0.438. The molecule has 1 aliphatic carbocycles. The molecule has 3 heterocycles. The molecule has 0 bridgehead atoms. The van der Waals surface area contributed by atoms with Crippen molar-refractivity contribution in [2.45, 2.75) is 76.2 Å². The number of aliphatic hydroxyl groups is 1. The molecular weight excluding hydrogens is 518 g/mol. The Morgan fingerprint density at radius 2 is 1.88 bits per heavy atom. The average Bonchev–Trinajstić information content (AvgIpc) is 3.65. The van der Waals surface area contributed by atoms with Crippen LogP contribution in [-0.4, -0.2) is 55.8 Å². The highest BCUT2D eigenvalue weighted by atomic mass is 16.6. The lowest BCUT2D eigenvalue weighted by atomic mass is 9.92. The second-order valence-electron chi connectivity index (χ2n) is 11.1. The molecule has 1 saturated heterocycles. The number of hydrogen-bond donors (Lipinski definition) is 1. The lowest BCUT2D eigenvalue weighted by Gasteiger charge is -2.32. The van der Waals surface area contributed by atoms with E-state index in [4.69, 9.17) is 9.47 Å². The molecular formula is C32H35N5O4. The fourth-order valence-electron chi connectivity index (χ4n) is 6.26. The lowest BCUT2D eigenvalue weighted by Crippen LogP contribution is -2.37. The van der Waals surface area contributed by atoms with E-state index < -0.39 is 6.10 Å². The first-order valence-corrected chi connectivity index (χ1v) is 14.5. The summed E-state index contributed by atoms with van der Waals surface area (Å²) in [6.07, 6.45) is 6.01. The number of aliphatic hydroxyl groups excluding tert-OH is 1. The van der Waals surface area contributed by atoms with E-state index >= 15 is 0 Å². The van der Waals surface area contributed by atoms with Gasteiger partial charge < -0.3 is 14.6 Å². The highest BCUT2D eigenvalue weighted by Gasteiger charge is 2.33. The summed E-state index contributed by atoms with van der Waals surface area (Å²) in [7, 11) is 0. The number of nitriles is 1. The Hall–Kier alpha value is -3.84. The number of aromatic nitrogens is 4. The number of benzene rings is 2. The minimum absolute atomic E-state index is 0.00177. The van der Waals surface area contributed by atoms with E-state index in [2.05, 4.69) is 23.1 Å². The Bertz CT molecular complexity index is 1610. The highest BCUT2D eigenvalue weighted by molar-refractivity contribution is 5.70. The Morgan fingerprint density at radius 3 is 2.59 bits per heavy atom. The third-order valence-corrected chi connectivity index (χ3v) is 8.38. The number of nitrogens with zero attached hydrogens (tertiary/aromatic N) is 5. The Balaban J connectivity index is 1.29. The number of hydrogen-bond acceptors (Lipinski definition) is 7. The number of fused-ring (bicyclic) bond motifs is 1.